The van der Waals surface area contributed by atoms with Crippen molar-refractivity contribution in [1.82, 2.24) is 0 Å². The molecule has 1 aliphatic carbocycles. The maximum Gasteiger partial charge on any atom is 0.313 e. The molecule has 0 bridgehead atoms. The van der Waals surface area contributed by atoms with E-state index in [1.54, 1.807) is 7.11 Å². The number of benzene rings is 1. The van der Waals surface area contributed by atoms with Crippen LogP contribution in [0.15, 0.2) is 43.0 Å². The van der Waals surface area contributed by atoms with Gasteiger partial charge in [0.15, 0.2) is 0 Å². The van der Waals surface area contributed by atoms with Crippen LogP contribution in [0.4, 0.5) is 0 Å². The summed E-state index contributed by atoms with van der Waals surface area (Å²) in [6.07, 6.45) is 17.8. The summed E-state index contributed by atoms with van der Waals surface area (Å²) in [5.74, 6) is -0.543. The molecule has 0 heterocycles. The fourth-order valence-electron chi connectivity index (χ4n) is 5.15. The molecule has 1 aromatic rings. The third-order valence-electron chi connectivity index (χ3n) is 6.86. The Morgan fingerprint density at radius 1 is 0.806 bits per heavy atom. The van der Waals surface area contributed by atoms with Crippen LogP contribution in [0.5, 0.6) is 0 Å². The molecular weight excluding hydrogens is 448 g/mol. The maximum atomic E-state index is 6.05. The van der Waals surface area contributed by atoms with Gasteiger partial charge in [0.2, 0.25) is 0 Å². The average Bonchev–Trinajstić information content (AvgIpc) is 3.29. The first-order valence-corrected chi connectivity index (χ1v) is 14.4. The molecule has 0 fully saturated rings. The molecule has 4 nitrogen and oxygen atoms in total. The average molecular weight is 503 g/mol. The molecule has 0 aliphatic heterocycles. The zero-order chi connectivity index (χ0) is 26.7. The van der Waals surface area contributed by atoms with Crippen molar-refractivity contribution in [3.63, 3.8) is 0 Å². The number of unbranched alkanes of at least 4 members (excludes halogenated alkanes) is 5. The first-order valence-electron chi connectivity index (χ1n) is 14.4. The van der Waals surface area contributed by atoms with E-state index >= 15 is 0 Å². The van der Waals surface area contributed by atoms with Gasteiger partial charge in [-0.3, -0.25) is 0 Å². The fourth-order valence-corrected chi connectivity index (χ4v) is 5.15. The summed E-state index contributed by atoms with van der Waals surface area (Å²) in [4.78, 5) is 0. The number of ether oxygens (including phenoxy) is 4. The molecule has 0 spiro atoms. The Hall–Kier alpha value is -1.46. The molecule has 0 saturated heterocycles. The molecule has 2 atom stereocenters. The van der Waals surface area contributed by atoms with Gasteiger partial charge in [-0.05, 0) is 51.2 Å². The second-order valence-electron chi connectivity index (χ2n) is 9.44. The van der Waals surface area contributed by atoms with Gasteiger partial charge >= 0.3 is 5.97 Å². The van der Waals surface area contributed by atoms with Crippen molar-refractivity contribution in [3.05, 3.63) is 54.1 Å². The lowest BCUT2D eigenvalue weighted by Crippen LogP contribution is -2.60. The summed E-state index contributed by atoms with van der Waals surface area (Å²) in [5, 5.41) is 0. The van der Waals surface area contributed by atoms with E-state index in [2.05, 4.69) is 56.8 Å². The van der Waals surface area contributed by atoms with Crippen molar-refractivity contribution in [2.75, 3.05) is 26.9 Å². The minimum Gasteiger partial charge on any atom is -0.370 e. The van der Waals surface area contributed by atoms with Crippen molar-refractivity contribution in [3.8, 4) is 0 Å². The summed E-state index contributed by atoms with van der Waals surface area (Å²) in [6.45, 7) is 15.7. The van der Waals surface area contributed by atoms with E-state index in [0.29, 0.717) is 25.7 Å². The van der Waals surface area contributed by atoms with Gasteiger partial charge in [0.1, 0.15) is 5.60 Å². The number of hydrogen-bond acceptors (Lipinski definition) is 4. The molecule has 0 radical (unpaired) electrons. The summed E-state index contributed by atoms with van der Waals surface area (Å²) >= 11 is 0. The normalized spacial score (nSPS) is 16.2. The van der Waals surface area contributed by atoms with E-state index in [4.69, 9.17) is 18.9 Å². The fraction of sp³-hybridized carbons (Fsp3) is 0.688. The summed E-state index contributed by atoms with van der Waals surface area (Å²) in [5.41, 5.74) is 2.25. The summed E-state index contributed by atoms with van der Waals surface area (Å²) in [7, 11) is 1.76. The van der Waals surface area contributed by atoms with Gasteiger partial charge in [0.05, 0.1) is 0 Å². The predicted octanol–water partition coefficient (Wildman–Crippen LogP) is 9.06. The molecule has 0 aromatic heterocycles. The van der Waals surface area contributed by atoms with Crippen LogP contribution in [0.1, 0.15) is 116 Å². The van der Waals surface area contributed by atoms with Crippen LogP contribution in [0.2, 0.25) is 0 Å². The van der Waals surface area contributed by atoms with Crippen molar-refractivity contribution < 1.29 is 18.9 Å². The highest BCUT2D eigenvalue weighted by molar-refractivity contribution is 5.62. The van der Waals surface area contributed by atoms with Crippen LogP contribution in [0.3, 0.4) is 0 Å². The lowest BCUT2D eigenvalue weighted by atomic mass is 9.87. The Balaban J connectivity index is 0.000000442. The third kappa shape index (κ3) is 9.45. The molecule has 1 aliphatic rings. The zero-order valence-electron chi connectivity index (χ0n) is 24.2. The van der Waals surface area contributed by atoms with E-state index in [-0.39, 0.29) is 0 Å². The van der Waals surface area contributed by atoms with E-state index in [1.807, 2.05) is 26.8 Å². The molecular formula is C32H54O4. The van der Waals surface area contributed by atoms with Gasteiger partial charge in [0.25, 0.3) is 0 Å². The van der Waals surface area contributed by atoms with Crippen molar-refractivity contribution in [2.45, 2.75) is 116 Å². The highest BCUT2D eigenvalue weighted by Crippen LogP contribution is 2.40. The second-order valence-corrected chi connectivity index (χ2v) is 9.44. The second kappa shape index (κ2) is 18.7. The Labute approximate surface area is 222 Å². The smallest absolute Gasteiger partial charge is 0.313 e. The van der Waals surface area contributed by atoms with Crippen LogP contribution < -0.4 is 0 Å². The van der Waals surface area contributed by atoms with Gasteiger partial charge in [-0.15, -0.1) is 6.58 Å². The standard InChI is InChI=1S/C20H42O4.C12H12/c1-7-12-13-14-15-16-18-19(21-6,17-8-2)20(22-9-3,23-10-4)24-11-5;1-2-5-10-8-9-11-6-3-4-7-12(10)11/h7-18H2,1-6H3;2-4,6-10H,1,5H2. The highest BCUT2D eigenvalue weighted by Gasteiger charge is 2.55. The SMILES string of the molecule is C=CCC1C=Cc2ccccc21.CCCCCCCCC(CCC)(OC)C(OCC)(OCC)OCC. The Bertz CT molecular complexity index is 712. The number of fused-ring (bicyclic) bond motifs is 1. The topological polar surface area (TPSA) is 36.9 Å². The van der Waals surface area contributed by atoms with E-state index < -0.39 is 11.6 Å². The van der Waals surface area contributed by atoms with Crippen LogP contribution >= 0.6 is 0 Å². The third-order valence-corrected chi connectivity index (χ3v) is 6.86. The minimum absolute atomic E-state index is 0.533. The lowest BCUT2D eigenvalue weighted by Gasteiger charge is -2.47. The minimum atomic E-state index is -1.11. The maximum absolute atomic E-state index is 6.05. The van der Waals surface area contributed by atoms with E-state index in [1.165, 1.54) is 43.2 Å². The molecule has 2 rings (SSSR count). The molecule has 1 aromatic carbocycles. The largest absolute Gasteiger partial charge is 0.370 e. The zero-order valence-corrected chi connectivity index (χ0v) is 24.2. The predicted molar refractivity (Wildman–Crippen MR) is 153 cm³/mol. The van der Waals surface area contributed by atoms with Crippen LogP contribution in [-0.4, -0.2) is 38.5 Å². The first-order chi connectivity index (χ1) is 17.5. The van der Waals surface area contributed by atoms with Crippen molar-refractivity contribution >= 4 is 6.08 Å². The van der Waals surface area contributed by atoms with Gasteiger partial charge in [-0.2, -0.15) is 0 Å². The molecule has 0 amide bonds. The van der Waals surface area contributed by atoms with Crippen LogP contribution in [0, 0.1) is 0 Å². The van der Waals surface area contributed by atoms with Gasteiger partial charge in [-0.1, -0.05) is 101 Å². The Morgan fingerprint density at radius 3 is 1.97 bits per heavy atom. The summed E-state index contributed by atoms with van der Waals surface area (Å²) < 4.78 is 24.2. The quantitative estimate of drug-likeness (QED) is 0.107. The number of hydrogen-bond donors (Lipinski definition) is 0. The number of allylic oxidation sites excluding steroid dienone is 2. The van der Waals surface area contributed by atoms with Crippen molar-refractivity contribution in [1.29, 1.82) is 0 Å². The van der Waals surface area contributed by atoms with E-state index in [9.17, 15) is 0 Å². The number of methoxy groups -OCH3 is 1. The highest BCUT2D eigenvalue weighted by atomic mass is 16.9. The Morgan fingerprint density at radius 2 is 1.42 bits per heavy atom. The molecule has 206 valence electrons. The molecule has 0 saturated carbocycles. The van der Waals surface area contributed by atoms with Gasteiger partial charge < -0.3 is 18.9 Å². The van der Waals surface area contributed by atoms with Gasteiger partial charge in [-0.25, -0.2) is 0 Å². The van der Waals surface area contributed by atoms with Crippen molar-refractivity contribution in [2.24, 2.45) is 0 Å². The Kier molecular flexibility index (Phi) is 16.9. The van der Waals surface area contributed by atoms with Crippen LogP contribution in [-0.2, 0) is 18.9 Å². The molecule has 4 heteroatoms. The van der Waals surface area contributed by atoms with Crippen LogP contribution in [0.25, 0.3) is 6.08 Å². The molecule has 2 unspecified atom stereocenters. The summed E-state index contributed by atoms with van der Waals surface area (Å²) in [6, 6.07) is 8.54. The van der Waals surface area contributed by atoms with E-state index in [0.717, 1.165) is 32.1 Å². The monoisotopic (exact) mass is 502 g/mol. The first kappa shape index (κ1) is 32.6. The molecule has 36 heavy (non-hydrogen) atoms. The lowest BCUT2D eigenvalue weighted by molar-refractivity contribution is -0.444. The van der Waals surface area contributed by atoms with Gasteiger partial charge in [0, 0.05) is 32.8 Å². The molecule has 0 N–H and O–H groups in total. The number of rotatable bonds is 19.